The molecule has 4 aromatic heterocycles. The maximum atomic E-state index is 13.0. The molecule has 0 bridgehead atoms. The second kappa shape index (κ2) is 6.74. The van der Waals surface area contributed by atoms with Gasteiger partial charge in [0.1, 0.15) is 5.52 Å². The Bertz CT molecular complexity index is 1430. The van der Waals surface area contributed by atoms with Gasteiger partial charge >= 0.3 is 5.69 Å². The number of nitrogens with zero attached hydrogens (tertiary/aromatic N) is 7. The van der Waals surface area contributed by atoms with Crippen molar-refractivity contribution in [3.05, 3.63) is 47.3 Å². The molecule has 1 fully saturated rings. The summed E-state index contributed by atoms with van der Waals surface area (Å²) >= 11 is 0. The number of piperidine rings is 1. The number of rotatable bonds is 3. The maximum absolute atomic E-state index is 13.0. The lowest BCUT2D eigenvalue weighted by atomic mass is 10.1. The van der Waals surface area contributed by atoms with Crippen molar-refractivity contribution in [3.63, 3.8) is 0 Å². The van der Waals surface area contributed by atoms with E-state index < -0.39 is 10.0 Å². The van der Waals surface area contributed by atoms with E-state index in [4.69, 9.17) is 4.98 Å². The molecule has 0 spiro atoms. The molecular formula is C19H21N7O3S. The van der Waals surface area contributed by atoms with Crippen LogP contribution in [0.2, 0.25) is 0 Å². The van der Waals surface area contributed by atoms with E-state index in [-0.39, 0.29) is 18.3 Å². The molecule has 0 saturated carbocycles. The van der Waals surface area contributed by atoms with E-state index in [0.29, 0.717) is 36.4 Å². The van der Waals surface area contributed by atoms with Gasteiger partial charge in [-0.3, -0.25) is 9.13 Å². The molecule has 5 rings (SSSR count). The van der Waals surface area contributed by atoms with Crippen LogP contribution in [0.4, 0.5) is 0 Å². The van der Waals surface area contributed by atoms with Crippen molar-refractivity contribution in [2.24, 2.45) is 7.05 Å². The van der Waals surface area contributed by atoms with Crippen LogP contribution in [0.15, 0.2) is 41.6 Å². The number of imidazole rings is 1. The number of aromatic nitrogens is 6. The Kier molecular flexibility index (Phi) is 4.26. The van der Waals surface area contributed by atoms with Gasteiger partial charge in [0, 0.05) is 26.3 Å². The van der Waals surface area contributed by atoms with E-state index in [1.54, 1.807) is 28.5 Å². The molecule has 1 saturated heterocycles. The lowest BCUT2D eigenvalue weighted by Crippen LogP contribution is -2.42. The zero-order chi connectivity index (χ0) is 21.0. The van der Waals surface area contributed by atoms with E-state index in [1.807, 2.05) is 24.4 Å². The van der Waals surface area contributed by atoms with Gasteiger partial charge in [-0.1, -0.05) is 6.07 Å². The Morgan fingerprint density at radius 1 is 1.17 bits per heavy atom. The molecule has 156 valence electrons. The number of hydrogen-bond donors (Lipinski definition) is 0. The fourth-order valence-electron chi connectivity index (χ4n) is 4.13. The molecule has 10 nitrogen and oxygen atoms in total. The molecule has 1 aliphatic rings. The molecule has 0 aromatic carbocycles. The first-order chi connectivity index (χ1) is 14.3. The predicted octanol–water partition coefficient (Wildman–Crippen LogP) is 1.04. The van der Waals surface area contributed by atoms with Crippen LogP contribution in [0, 0.1) is 0 Å². The van der Waals surface area contributed by atoms with Gasteiger partial charge in [0.2, 0.25) is 10.0 Å². The summed E-state index contributed by atoms with van der Waals surface area (Å²) in [6, 6.07) is 5.45. The number of hydrogen-bond acceptors (Lipinski definition) is 6. The van der Waals surface area contributed by atoms with Gasteiger partial charge in [-0.05, 0) is 25.0 Å². The van der Waals surface area contributed by atoms with Crippen molar-refractivity contribution < 1.29 is 8.42 Å². The highest BCUT2D eigenvalue weighted by molar-refractivity contribution is 7.88. The van der Waals surface area contributed by atoms with E-state index in [1.165, 1.54) is 15.1 Å². The molecule has 11 heteroatoms. The van der Waals surface area contributed by atoms with Gasteiger partial charge in [0.25, 0.3) is 0 Å². The fraction of sp³-hybridized carbons (Fsp3) is 0.368. The van der Waals surface area contributed by atoms with Crippen LogP contribution in [0.1, 0.15) is 18.9 Å². The number of sulfonamides is 1. The zero-order valence-electron chi connectivity index (χ0n) is 16.6. The number of fused-ring (bicyclic) bond motifs is 2. The molecule has 0 unspecified atom stereocenters. The summed E-state index contributed by atoms with van der Waals surface area (Å²) < 4.78 is 30.4. The van der Waals surface area contributed by atoms with E-state index >= 15 is 0 Å². The normalized spacial score (nSPS) is 18.4. The Morgan fingerprint density at radius 2 is 2.00 bits per heavy atom. The average molecular weight is 427 g/mol. The summed E-state index contributed by atoms with van der Waals surface area (Å²) in [5, 5.41) is 4.34. The van der Waals surface area contributed by atoms with Crippen LogP contribution in [0.25, 0.3) is 28.1 Å². The topological polar surface area (TPSA) is 107 Å². The third kappa shape index (κ3) is 2.92. The van der Waals surface area contributed by atoms with Crippen LogP contribution >= 0.6 is 0 Å². The Morgan fingerprint density at radius 3 is 2.80 bits per heavy atom. The Labute approximate surface area is 172 Å². The van der Waals surface area contributed by atoms with E-state index in [0.717, 1.165) is 11.1 Å². The summed E-state index contributed by atoms with van der Waals surface area (Å²) in [5.74, 6) is 0.471. The molecule has 5 heterocycles. The van der Waals surface area contributed by atoms with Gasteiger partial charge in [-0.15, -0.1) is 0 Å². The lowest BCUT2D eigenvalue weighted by Gasteiger charge is -2.31. The summed E-state index contributed by atoms with van der Waals surface area (Å²) in [5.41, 5.74) is 2.51. The number of pyridine rings is 1. The van der Waals surface area contributed by atoms with Crippen molar-refractivity contribution in [2.75, 3.05) is 19.3 Å². The minimum absolute atomic E-state index is 0.225. The molecule has 0 radical (unpaired) electrons. The molecular weight excluding hydrogens is 406 g/mol. The third-order valence-electron chi connectivity index (χ3n) is 5.69. The summed E-state index contributed by atoms with van der Waals surface area (Å²) in [6.45, 7) is 0.728. The van der Waals surface area contributed by atoms with Gasteiger partial charge < -0.3 is 0 Å². The Balaban J connectivity index is 1.66. The maximum Gasteiger partial charge on any atom is 0.330 e. The molecule has 30 heavy (non-hydrogen) atoms. The Hall–Kier alpha value is -3.05. The minimum atomic E-state index is -3.33. The van der Waals surface area contributed by atoms with Crippen molar-refractivity contribution in [1.82, 2.24) is 33.0 Å². The van der Waals surface area contributed by atoms with Gasteiger partial charge in [0.05, 0.1) is 35.8 Å². The van der Waals surface area contributed by atoms with E-state index in [2.05, 4.69) is 10.1 Å². The first kappa shape index (κ1) is 18.9. The lowest BCUT2D eigenvalue weighted by molar-refractivity contribution is 0.267. The SMILES string of the molecule is Cn1c(=O)n([C@H]2CCCN(S(C)(=O)=O)C2)c2nc(-c3cnn4ccccc34)ncc21. The summed E-state index contributed by atoms with van der Waals surface area (Å²) in [4.78, 5) is 22.2. The van der Waals surface area contributed by atoms with Crippen LogP contribution < -0.4 is 5.69 Å². The quantitative estimate of drug-likeness (QED) is 0.484. The molecule has 0 aliphatic carbocycles. The highest BCUT2D eigenvalue weighted by atomic mass is 32.2. The molecule has 1 atom stereocenters. The number of aryl methyl sites for hydroxylation is 1. The van der Waals surface area contributed by atoms with Crippen LogP contribution in [-0.4, -0.2) is 60.8 Å². The smallest absolute Gasteiger partial charge is 0.292 e. The van der Waals surface area contributed by atoms with Crippen LogP contribution in [0.3, 0.4) is 0 Å². The standard InChI is InChI=1S/C19H21N7O3S/c1-23-16-11-20-17(14-10-21-25-9-4-3-7-15(14)25)22-18(16)26(19(23)27)13-6-5-8-24(12-13)30(2,28)29/h3-4,7,9-11,13H,5-6,8,12H2,1-2H3/t13-/m0/s1. The largest absolute Gasteiger partial charge is 0.330 e. The van der Waals surface area contributed by atoms with Crippen molar-refractivity contribution in [2.45, 2.75) is 18.9 Å². The molecule has 4 aromatic rings. The molecule has 0 amide bonds. The second-order valence-electron chi connectivity index (χ2n) is 7.62. The first-order valence-corrected chi connectivity index (χ1v) is 11.5. The van der Waals surface area contributed by atoms with Crippen molar-refractivity contribution >= 4 is 26.7 Å². The fourth-order valence-corrected chi connectivity index (χ4v) is 5.04. The third-order valence-corrected chi connectivity index (χ3v) is 6.96. The summed E-state index contributed by atoms with van der Waals surface area (Å²) in [6.07, 6.45) is 7.78. The van der Waals surface area contributed by atoms with Crippen LogP contribution in [0.5, 0.6) is 0 Å². The van der Waals surface area contributed by atoms with Crippen LogP contribution in [-0.2, 0) is 17.1 Å². The van der Waals surface area contributed by atoms with Gasteiger partial charge in [-0.25, -0.2) is 32.0 Å². The predicted molar refractivity (Wildman–Crippen MR) is 112 cm³/mol. The monoisotopic (exact) mass is 427 g/mol. The summed E-state index contributed by atoms with van der Waals surface area (Å²) in [7, 11) is -1.65. The average Bonchev–Trinajstić information content (AvgIpc) is 3.27. The van der Waals surface area contributed by atoms with Gasteiger partial charge in [-0.2, -0.15) is 5.10 Å². The molecule has 0 N–H and O–H groups in total. The van der Waals surface area contributed by atoms with Crippen molar-refractivity contribution in [1.29, 1.82) is 0 Å². The van der Waals surface area contributed by atoms with E-state index in [9.17, 15) is 13.2 Å². The second-order valence-corrected chi connectivity index (χ2v) is 9.60. The van der Waals surface area contributed by atoms with Crippen molar-refractivity contribution in [3.8, 4) is 11.4 Å². The molecule has 1 aliphatic heterocycles. The van der Waals surface area contributed by atoms with Gasteiger partial charge in [0.15, 0.2) is 11.5 Å². The first-order valence-electron chi connectivity index (χ1n) is 9.66. The minimum Gasteiger partial charge on any atom is -0.292 e. The highest BCUT2D eigenvalue weighted by Crippen LogP contribution is 2.27. The highest BCUT2D eigenvalue weighted by Gasteiger charge is 2.30. The zero-order valence-corrected chi connectivity index (χ0v) is 17.4.